The fourth-order valence-electron chi connectivity index (χ4n) is 8.01. The molecule has 2 heterocycles. The second-order valence-electron chi connectivity index (χ2n) is 13.8. The number of piperidine rings is 1. The number of aromatic nitrogens is 2. The van der Waals surface area contributed by atoms with E-state index in [-0.39, 0.29) is 23.6 Å². The van der Waals surface area contributed by atoms with E-state index in [4.69, 9.17) is 5.10 Å². The highest BCUT2D eigenvalue weighted by atomic mass is 32.2. The van der Waals surface area contributed by atoms with Gasteiger partial charge >= 0.3 is 5.97 Å². The van der Waals surface area contributed by atoms with E-state index in [1.165, 1.54) is 18.0 Å². The fraction of sp³-hybridized carbons (Fsp3) is 0.556. The maximum absolute atomic E-state index is 14.3. The van der Waals surface area contributed by atoms with E-state index in [1.807, 2.05) is 18.2 Å². The van der Waals surface area contributed by atoms with Crippen molar-refractivity contribution in [1.82, 2.24) is 14.7 Å². The number of aliphatic carboxylic acids is 1. The molecule has 0 amide bonds. The van der Waals surface area contributed by atoms with Gasteiger partial charge in [-0.25, -0.2) is 12.8 Å². The predicted molar refractivity (Wildman–Crippen MR) is 172 cm³/mol. The van der Waals surface area contributed by atoms with Crippen LogP contribution in [0.5, 0.6) is 0 Å². The summed E-state index contributed by atoms with van der Waals surface area (Å²) in [5.41, 5.74) is 4.31. The third-order valence-corrected chi connectivity index (χ3v) is 11.7. The van der Waals surface area contributed by atoms with Crippen LogP contribution in [0.1, 0.15) is 86.2 Å². The molecule has 2 unspecified atom stereocenters. The SMILES string of the molecule is CCn1nc(Cc2ccc(S(C)(=O)=O)cc2)cc1C1CCN(C[C@H]2CC(C(CC3CC3)C(=O)O)C[C@@H]2c2cccc(F)c2)CC1. The second kappa shape index (κ2) is 13.4. The molecule has 3 aliphatic rings. The summed E-state index contributed by atoms with van der Waals surface area (Å²) < 4.78 is 40.1. The van der Waals surface area contributed by atoms with Gasteiger partial charge in [0.15, 0.2) is 9.84 Å². The Kier molecular flexibility index (Phi) is 9.48. The number of hydrogen-bond acceptors (Lipinski definition) is 5. The normalized spacial score (nSPS) is 23.8. The maximum atomic E-state index is 14.3. The lowest BCUT2D eigenvalue weighted by Crippen LogP contribution is -2.37. The van der Waals surface area contributed by atoms with Crippen LogP contribution in [0.15, 0.2) is 59.5 Å². The van der Waals surface area contributed by atoms with Gasteiger partial charge in [0.2, 0.25) is 0 Å². The zero-order chi connectivity index (χ0) is 31.7. The lowest BCUT2D eigenvalue weighted by Gasteiger charge is -2.35. The first-order valence-corrected chi connectivity index (χ1v) is 18.5. The molecule has 1 N–H and O–H groups in total. The average molecular weight is 636 g/mol. The Labute approximate surface area is 266 Å². The Bertz CT molecular complexity index is 1590. The van der Waals surface area contributed by atoms with Crippen molar-refractivity contribution in [3.8, 4) is 0 Å². The summed E-state index contributed by atoms with van der Waals surface area (Å²) in [5, 5.41) is 15.0. The highest BCUT2D eigenvalue weighted by Gasteiger charge is 2.43. The number of sulfone groups is 1. The summed E-state index contributed by atoms with van der Waals surface area (Å²) in [6, 6.07) is 16.3. The first-order valence-electron chi connectivity index (χ1n) is 16.6. The van der Waals surface area contributed by atoms with Gasteiger partial charge in [-0.15, -0.1) is 0 Å². The van der Waals surface area contributed by atoms with Crippen molar-refractivity contribution in [3.05, 3.63) is 82.9 Å². The molecular weight excluding hydrogens is 589 g/mol. The van der Waals surface area contributed by atoms with E-state index < -0.39 is 15.8 Å². The van der Waals surface area contributed by atoms with Crippen LogP contribution in [0.25, 0.3) is 0 Å². The number of likely N-dealkylation sites (tertiary alicyclic amines) is 1. The van der Waals surface area contributed by atoms with Crippen molar-refractivity contribution in [2.45, 2.75) is 81.6 Å². The van der Waals surface area contributed by atoms with Crippen LogP contribution in [0.3, 0.4) is 0 Å². The molecule has 2 saturated carbocycles. The van der Waals surface area contributed by atoms with Crippen LogP contribution in [0.2, 0.25) is 0 Å². The molecule has 0 spiro atoms. The van der Waals surface area contributed by atoms with Crippen LogP contribution >= 0.6 is 0 Å². The van der Waals surface area contributed by atoms with Crippen molar-refractivity contribution < 1.29 is 22.7 Å². The van der Waals surface area contributed by atoms with E-state index in [2.05, 4.69) is 22.6 Å². The van der Waals surface area contributed by atoms with Crippen molar-refractivity contribution in [3.63, 3.8) is 0 Å². The summed E-state index contributed by atoms with van der Waals surface area (Å²) in [4.78, 5) is 15.2. The Hall–Kier alpha value is -3.04. The second-order valence-corrected chi connectivity index (χ2v) is 15.8. The predicted octanol–water partition coefficient (Wildman–Crippen LogP) is 6.53. The van der Waals surface area contributed by atoms with Gasteiger partial charge in [-0.05, 0) is 117 Å². The van der Waals surface area contributed by atoms with Crippen molar-refractivity contribution in [2.75, 3.05) is 25.9 Å². The number of benzene rings is 2. The largest absolute Gasteiger partial charge is 0.481 e. The van der Waals surface area contributed by atoms with E-state index in [0.29, 0.717) is 29.1 Å². The number of carbonyl (C=O) groups is 1. The fourth-order valence-corrected chi connectivity index (χ4v) is 8.64. The third kappa shape index (κ3) is 7.68. The molecule has 1 aliphatic heterocycles. The lowest BCUT2D eigenvalue weighted by atomic mass is 9.85. The Balaban J connectivity index is 1.11. The van der Waals surface area contributed by atoms with E-state index >= 15 is 0 Å². The molecule has 4 atom stereocenters. The van der Waals surface area contributed by atoms with Gasteiger partial charge in [-0.2, -0.15) is 5.10 Å². The first kappa shape index (κ1) is 31.9. The number of carboxylic acids is 1. The minimum atomic E-state index is -3.22. The number of halogens is 1. The van der Waals surface area contributed by atoms with Gasteiger partial charge in [0.25, 0.3) is 0 Å². The van der Waals surface area contributed by atoms with Gasteiger partial charge in [0.05, 0.1) is 16.5 Å². The van der Waals surface area contributed by atoms with Gasteiger partial charge < -0.3 is 10.0 Å². The van der Waals surface area contributed by atoms with Crippen molar-refractivity contribution in [1.29, 1.82) is 0 Å². The van der Waals surface area contributed by atoms with E-state index in [0.717, 1.165) is 87.9 Å². The van der Waals surface area contributed by atoms with Crippen LogP contribution < -0.4 is 0 Å². The lowest BCUT2D eigenvalue weighted by molar-refractivity contribution is -0.144. The molecule has 0 bridgehead atoms. The molecule has 2 aromatic carbocycles. The van der Waals surface area contributed by atoms with Crippen LogP contribution in [0.4, 0.5) is 4.39 Å². The molecule has 45 heavy (non-hydrogen) atoms. The van der Waals surface area contributed by atoms with E-state index in [9.17, 15) is 22.7 Å². The summed E-state index contributed by atoms with van der Waals surface area (Å²) in [6.45, 7) is 5.79. The summed E-state index contributed by atoms with van der Waals surface area (Å²) in [5.74, 6) is 0.431. The first-order chi connectivity index (χ1) is 21.6. The topological polar surface area (TPSA) is 92.5 Å². The number of carboxylic acid groups (broad SMARTS) is 1. The molecule has 7 nitrogen and oxygen atoms in total. The van der Waals surface area contributed by atoms with E-state index in [1.54, 1.807) is 24.3 Å². The molecule has 2 aliphatic carbocycles. The summed E-state index contributed by atoms with van der Waals surface area (Å²) in [7, 11) is -3.22. The molecule has 0 radical (unpaired) electrons. The van der Waals surface area contributed by atoms with Crippen molar-refractivity contribution in [2.24, 2.45) is 23.7 Å². The van der Waals surface area contributed by atoms with Gasteiger partial charge in [-0.3, -0.25) is 9.48 Å². The Morgan fingerprint density at radius 3 is 2.40 bits per heavy atom. The molecule has 6 rings (SSSR count). The number of aryl methyl sites for hydroxylation is 1. The minimum Gasteiger partial charge on any atom is -0.481 e. The third-order valence-electron chi connectivity index (χ3n) is 10.6. The summed E-state index contributed by atoms with van der Waals surface area (Å²) in [6.07, 6.45) is 8.76. The monoisotopic (exact) mass is 635 g/mol. The van der Waals surface area contributed by atoms with Crippen LogP contribution in [-0.2, 0) is 27.6 Å². The smallest absolute Gasteiger partial charge is 0.306 e. The zero-order valence-corrected chi connectivity index (χ0v) is 27.3. The molecule has 242 valence electrons. The highest BCUT2D eigenvalue weighted by Crippen LogP contribution is 2.49. The van der Waals surface area contributed by atoms with Crippen LogP contribution in [-0.4, -0.2) is 60.1 Å². The Morgan fingerprint density at radius 1 is 1.04 bits per heavy atom. The quantitative estimate of drug-likeness (QED) is 0.244. The molecule has 9 heteroatoms. The number of nitrogens with zero attached hydrogens (tertiary/aromatic N) is 3. The van der Waals surface area contributed by atoms with Gasteiger partial charge in [0, 0.05) is 37.4 Å². The molecule has 1 saturated heterocycles. The Morgan fingerprint density at radius 2 is 1.78 bits per heavy atom. The number of hydrogen-bond donors (Lipinski definition) is 1. The van der Waals surface area contributed by atoms with Crippen molar-refractivity contribution >= 4 is 15.8 Å². The highest BCUT2D eigenvalue weighted by molar-refractivity contribution is 7.90. The zero-order valence-electron chi connectivity index (χ0n) is 26.4. The molecule has 3 aromatic rings. The van der Waals surface area contributed by atoms with Gasteiger partial charge in [-0.1, -0.05) is 37.1 Å². The summed E-state index contributed by atoms with van der Waals surface area (Å²) >= 11 is 0. The minimum absolute atomic E-state index is 0.138. The molecular formula is C36H46FN3O4S. The van der Waals surface area contributed by atoms with Gasteiger partial charge in [0.1, 0.15) is 5.82 Å². The molecule has 1 aromatic heterocycles. The average Bonchev–Trinajstić information content (AvgIpc) is 3.60. The molecule has 3 fully saturated rings. The van der Waals surface area contributed by atoms with Crippen LogP contribution in [0, 0.1) is 29.5 Å². The maximum Gasteiger partial charge on any atom is 0.306 e. The number of rotatable bonds is 12. The standard InChI is InChI=1S/C36H46FN3O4S/c1-3-40-35(22-31(38-40)17-24-9-11-32(12-10-24)45(2,43)44)26-13-15-39(16-14-26)23-29-19-28(34(36(41)42)18-25-7-8-25)21-33(29)27-5-4-6-30(37)20-27/h4-6,9-12,20,22,25-26,28-29,33-34H,3,7-8,13-19,21,23H2,1-2H3,(H,41,42)/t28?,29-,33-,34?/m1/s1.